The van der Waals surface area contributed by atoms with Gasteiger partial charge in [0.25, 0.3) is 0 Å². The second-order valence-corrected chi connectivity index (χ2v) is 7.17. The van der Waals surface area contributed by atoms with Gasteiger partial charge in [-0.3, -0.25) is 4.90 Å². The highest BCUT2D eigenvalue weighted by Crippen LogP contribution is 2.26. The lowest BCUT2D eigenvalue weighted by Gasteiger charge is -2.26. The molecule has 3 rings (SSSR count). The van der Waals surface area contributed by atoms with Crippen molar-refractivity contribution in [2.24, 2.45) is 0 Å². The zero-order valence-electron chi connectivity index (χ0n) is 12.5. The maximum absolute atomic E-state index is 10.4. The molecule has 2 saturated heterocycles. The van der Waals surface area contributed by atoms with E-state index in [1.807, 2.05) is 24.3 Å². The minimum Gasteiger partial charge on any atom is -0.388 e. The van der Waals surface area contributed by atoms with E-state index in [4.69, 9.17) is 0 Å². The van der Waals surface area contributed by atoms with Gasteiger partial charge in [0.2, 0.25) is 0 Å². The van der Waals surface area contributed by atoms with Gasteiger partial charge in [0.05, 0.1) is 6.10 Å². The first-order valence-corrected chi connectivity index (χ1v) is 8.92. The SMILES string of the molecule is OC(CCN1CCCN2CCCC2C1)c1ccccc1Br. The van der Waals surface area contributed by atoms with Crippen LogP contribution in [0.1, 0.15) is 37.4 Å². The monoisotopic (exact) mass is 352 g/mol. The lowest BCUT2D eigenvalue weighted by Crippen LogP contribution is -2.37. The van der Waals surface area contributed by atoms with Crippen LogP contribution >= 0.6 is 15.9 Å². The predicted octanol–water partition coefficient (Wildman–Crippen LogP) is 3.04. The number of nitrogens with zero attached hydrogens (tertiary/aromatic N) is 2. The standard InChI is InChI=1S/C17H25BrN2O/c18-16-7-2-1-6-15(16)17(21)8-12-19-9-4-11-20-10-3-5-14(20)13-19/h1-2,6-7,14,17,21H,3-5,8-13H2. The van der Waals surface area contributed by atoms with Gasteiger partial charge in [-0.05, 0) is 56.9 Å². The highest BCUT2D eigenvalue weighted by atomic mass is 79.9. The number of aliphatic hydroxyl groups is 1. The summed E-state index contributed by atoms with van der Waals surface area (Å²) < 4.78 is 1.01. The Bertz CT molecular complexity index is 468. The Kier molecular flexibility index (Phi) is 5.33. The molecule has 2 atom stereocenters. The third-order valence-corrected chi connectivity index (χ3v) is 5.59. The van der Waals surface area contributed by atoms with E-state index in [1.165, 1.54) is 45.4 Å². The Morgan fingerprint density at radius 3 is 2.86 bits per heavy atom. The number of rotatable bonds is 4. The molecule has 2 heterocycles. The van der Waals surface area contributed by atoms with Gasteiger partial charge < -0.3 is 10.0 Å². The van der Waals surface area contributed by atoms with E-state index in [2.05, 4.69) is 25.7 Å². The summed E-state index contributed by atoms with van der Waals surface area (Å²) in [7, 11) is 0. The van der Waals surface area contributed by atoms with Crippen LogP contribution in [0.15, 0.2) is 28.7 Å². The summed E-state index contributed by atoms with van der Waals surface area (Å²) in [5.74, 6) is 0. The average molecular weight is 353 g/mol. The Hall–Kier alpha value is -0.420. The third-order valence-electron chi connectivity index (χ3n) is 4.87. The maximum Gasteiger partial charge on any atom is 0.0813 e. The molecule has 0 amide bonds. The van der Waals surface area contributed by atoms with Gasteiger partial charge >= 0.3 is 0 Å². The first kappa shape index (κ1) is 15.5. The molecule has 0 aliphatic carbocycles. The molecule has 2 fully saturated rings. The Balaban J connectivity index is 1.53. The van der Waals surface area contributed by atoms with E-state index in [9.17, 15) is 5.11 Å². The van der Waals surface area contributed by atoms with Gasteiger partial charge in [-0.25, -0.2) is 0 Å². The van der Waals surface area contributed by atoms with Crippen LogP contribution in [-0.2, 0) is 0 Å². The fourth-order valence-electron chi connectivity index (χ4n) is 3.69. The summed E-state index contributed by atoms with van der Waals surface area (Å²) in [6, 6.07) is 8.75. The minimum absolute atomic E-state index is 0.372. The Labute approximate surface area is 136 Å². The molecule has 0 spiro atoms. The Morgan fingerprint density at radius 1 is 1.19 bits per heavy atom. The second-order valence-electron chi connectivity index (χ2n) is 6.31. The smallest absolute Gasteiger partial charge is 0.0813 e. The van der Waals surface area contributed by atoms with Crippen molar-refractivity contribution in [1.29, 1.82) is 0 Å². The van der Waals surface area contributed by atoms with Crippen molar-refractivity contribution in [3.8, 4) is 0 Å². The fourth-order valence-corrected chi connectivity index (χ4v) is 4.24. The summed E-state index contributed by atoms with van der Waals surface area (Å²) in [6.07, 6.45) is 4.42. The topological polar surface area (TPSA) is 26.7 Å². The van der Waals surface area contributed by atoms with Crippen LogP contribution in [-0.4, -0.2) is 53.7 Å². The number of halogens is 1. The van der Waals surface area contributed by atoms with Crippen LogP contribution < -0.4 is 0 Å². The van der Waals surface area contributed by atoms with Crippen molar-refractivity contribution in [2.45, 2.75) is 37.8 Å². The highest BCUT2D eigenvalue weighted by Gasteiger charge is 2.28. The average Bonchev–Trinajstić information content (AvgIpc) is 2.83. The molecule has 0 saturated carbocycles. The molecule has 3 nitrogen and oxygen atoms in total. The van der Waals surface area contributed by atoms with Gasteiger partial charge in [-0.2, -0.15) is 0 Å². The summed E-state index contributed by atoms with van der Waals surface area (Å²) in [4.78, 5) is 5.21. The number of fused-ring (bicyclic) bond motifs is 1. The van der Waals surface area contributed by atoms with Gasteiger partial charge in [0, 0.05) is 23.6 Å². The molecule has 1 aromatic rings. The molecule has 2 unspecified atom stereocenters. The molecular weight excluding hydrogens is 328 g/mol. The number of aliphatic hydroxyl groups excluding tert-OH is 1. The lowest BCUT2D eigenvalue weighted by atomic mass is 10.1. The van der Waals surface area contributed by atoms with Crippen LogP contribution in [0.25, 0.3) is 0 Å². The first-order valence-electron chi connectivity index (χ1n) is 8.13. The number of benzene rings is 1. The van der Waals surface area contributed by atoms with Crippen LogP contribution in [0.5, 0.6) is 0 Å². The van der Waals surface area contributed by atoms with Crippen molar-refractivity contribution < 1.29 is 5.11 Å². The van der Waals surface area contributed by atoms with Crippen molar-refractivity contribution in [3.63, 3.8) is 0 Å². The summed E-state index contributed by atoms with van der Waals surface area (Å²) >= 11 is 3.53. The van der Waals surface area contributed by atoms with Gasteiger partial charge in [-0.1, -0.05) is 34.1 Å². The van der Waals surface area contributed by atoms with Crippen molar-refractivity contribution in [3.05, 3.63) is 34.3 Å². The quantitative estimate of drug-likeness (QED) is 0.901. The molecular formula is C17H25BrN2O. The van der Waals surface area contributed by atoms with E-state index in [0.29, 0.717) is 0 Å². The molecule has 0 aromatic heterocycles. The summed E-state index contributed by atoms with van der Waals surface area (Å²) in [5.41, 5.74) is 1.01. The second kappa shape index (κ2) is 7.23. The van der Waals surface area contributed by atoms with Crippen LogP contribution in [0, 0.1) is 0 Å². The van der Waals surface area contributed by atoms with Gasteiger partial charge in [0.15, 0.2) is 0 Å². The highest BCUT2D eigenvalue weighted by molar-refractivity contribution is 9.10. The zero-order valence-corrected chi connectivity index (χ0v) is 14.1. The lowest BCUT2D eigenvalue weighted by molar-refractivity contribution is 0.137. The van der Waals surface area contributed by atoms with E-state index >= 15 is 0 Å². The molecule has 2 aliphatic rings. The fraction of sp³-hybridized carbons (Fsp3) is 0.647. The van der Waals surface area contributed by atoms with Crippen LogP contribution in [0.3, 0.4) is 0 Å². The van der Waals surface area contributed by atoms with Gasteiger partial charge in [0.1, 0.15) is 0 Å². The van der Waals surface area contributed by atoms with Gasteiger partial charge in [-0.15, -0.1) is 0 Å². The van der Waals surface area contributed by atoms with Crippen molar-refractivity contribution in [1.82, 2.24) is 9.80 Å². The van der Waals surface area contributed by atoms with Crippen LogP contribution in [0.4, 0.5) is 0 Å². The number of hydrogen-bond donors (Lipinski definition) is 1. The molecule has 4 heteroatoms. The molecule has 21 heavy (non-hydrogen) atoms. The molecule has 1 aromatic carbocycles. The molecule has 1 N–H and O–H groups in total. The molecule has 0 radical (unpaired) electrons. The summed E-state index contributed by atoms with van der Waals surface area (Å²) in [6.45, 7) is 5.90. The Morgan fingerprint density at radius 2 is 2.00 bits per heavy atom. The van der Waals surface area contributed by atoms with E-state index in [-0.39, 0.29) is 6.10 Å². The predicted molar refractivity (Wildman–Crippen MR) is 89.4 cm³/mol. The molecule has 0 bridgehead atoms. The van der Waals surface area contributed by atoms with Crippen molar-refractivity contribution >= 4 is 15.9 Å². The van der Waals surface area contributed by atoms with E-state index in [1.54, 1.807) is 0 Å². The van der Waals surface area contributed by atoms with Crippen LogP contribution in [0.2, 0.25) is 0 Å². The maximum atomic E-state index is 10.4. The minimum atomic E-state index is -0.372. The normalized spacial score (nSPS) is 25.5. The third kappa shape index (κ3) is 3.86. The summed E-state index contributed by atoms with van der Waals surface area (Å²) in [5, 5.41) is 10.4. The van der Waals surface area contributed by atoms with E-state index < -0.39 is 0 Å². The number of hydrogen-bond acceptors (Lipinski definition) is 3. The van der Waals surface area contributed by atoms with Crippen molar-refractivity contribution in [2.75, 3.05) is 32.7 Å². The first-order chi connectivity index (χ1) is 10.2. The molecule has 2 aliphatic heterocycles. The zero-order chi connectivity index (χ0) is 14.7. The largest absolute Gasteiger partial charge is 0.388 e. The van der Waals surface area contributed by atoms with E-state index in [0.717, 1.165) is 29.0 Å². The molecule has 116 valence electrons.